The van der Waals surface area contributed by atoms with Crippen LogP contribution in [0.3, 0.4) is 0 Å². The van der Waals surface area contributed by atoms with E-state index in [1.54, 1.807) is 6.92 Å². The Morgan fingerprint density at radius 1 is 1.73 bits per heavy atom. The SMILES string of the molecule is CC12CC(S)=C(C(=O)O)N1C(=O)C2CO. The fourth-order valence-electron chi connectivity index (χ4n) is 2.38. The Morgan fingerprint density at radius 2 is 2.33 bits per heavy atom. The first-order valence-electron chi connectivity index (χ1n) is 4.54. The van der Waals surface area contributed by atoms with Gasteiger partial charge in [0, 0.05) is 11.3 Å². The standard InChI is InChI=1S/C9H11NO4S/c1-9-2-5(15)6(8(13)14)10(9)7(12)4(9)3-11/h4,11,15H,2-3H2,1H3,(H,13,14). The fraction of sp³-hybridized carbons (Fsp3) is 0.556. The third-order valence-electron chi connectivity index (χ3n) is 3.19. The van der Waals surface area contributed by atoms with Gasteiger partial charge in [0.25, 0.3) is 0 Å². The minimum Gasteiger partial charge on any atom is -0.477 e. The molecule has 0 bridgehead atoms. The van der Waals surface area contributed by atoms with Crippen molar-refractivity contribution in [3.63, 3.8) is 0 Å². The number of hydrogen-bond donors (Lipinski definition) is 3. The molecule has 6 heteroatoms. The molecule has 0 aromatic carbocycles. The summed E-state index contributed by atoms with van der Waals surface area (Å²) in [6.07, 6.45) is 0.398. The van der Waals surface area contributed by atoms with Crippen LogP contribution < -0.4 is 0 Å². The Balaban J connectivity index is 2.39. The normalized spacial score (nSPS) is 34.2. The summed E-state index contributed by atoms with van der Waals surface area (Å²) in [6.45, 7) is 1.52. The Bertz CT molecular complexity index is 392. The van der Waals surface area contributed by atoms with E-state index in [9.17, 15) is 9.59 Å². The van der Waals surface area contributed by atoms with E-state index in [4.69, 9.17) is 10.2 Å². The van der Waals surface area contributed by atoms with Gasteiger partial charge in [0.1, 0.15) is 5.70 Å². The van der Waals surface area contributed by atoms with Gasteiger partial charge in [0.15, 0.2) is 0 Å². The third-order valence-corrected chi connectivity index (χ3v) is 3.56. The largest absolute Gasteiger partial charge is 0.477 e. The van der Waals surface area contributed by atoms with E-state index in [0.29, 0.717) is 11.3 Å². The highest BCUT2D eigenvalue weighted by Crippen LogP contribution is 2.51. The molecule has 0 aliphatic carbocycles. The van der Waals surface area contributed by atoms with Gasteiger partial charge in [-0.2, -0.15) is 0 Å². The van der Waals surface area contributed by atoms with Crippen LogP contribution >= 0.6 is 12.6 Å². The number of fused-ring (bicyclic) bond motifs is 1. The van der Waals surface area contributed by atoms with Crippen molar-refractivity contribution < 1.29 is 19.8 Å². The van der Waals surface area contributed by atoms with E-state index >= 15 is 0 Å². The van der Waals surface area contributed by atoms with Crippen LogP contribution in [0.4, 0.5) is 0 Å². The molecule has 5 nitrogen and oxygen atoms in total. The zero-order chi connectivity index (χ0) is 11.4. The fourth-order valence-corrected chi connectivity index (χ4v) is 2.89. The molecule has 2 N–H and O–H groups in total. The molecular weight excluding hydrogens is 218 g/mol. The van der Waals surface area contributed by atoms with Gasteiger partial charge in [-0.3, -0.25) is 9.69 Å². The number of rotatable bonds is 2. The lowest BCUT2D eigenvalue weighted by molar-refractivity contribution is -0.168. The van der Waals surface area contributed by atoms with Crippen molar-refractivity contribution in [3.8, 4) is 0 Å². The smallest absolute Gasteiger partial charge is 0.353 e. The van der Waals surface area contributed by atoms with Gasteiger partial charge in [0.05, 0.1) is 18.1 Å². The predicted octanol–water partition coefficient (Wildman–Crippen LogP) is -0.175. The van der Waals surface area contributed by atoms with Crippen LogP contribution in [0.15, 0.2) is 10.6 Å². The molecule has 0 saturated carbocycles. The van der Waals surface area contributed by atoms with E-state index < -0.39 is 17.4 Å². The number of β-lactam (4-membered cyclic amide) rings is 1. The van der Waals surface area contributed by atoms with E-state index in [2.05, 4.69) is 12.6 Å². The number of nitrogens with zero attached hydrogens (tertiary/aromatic N) is 1. The number of carbonyl (C=O) groups excluding carboxylic acids is 1. The van der Waals surface area contributed by atoms with Crippen molar-refractivity contribution >= 4 is 24.5 Å². The molecule has 2 aliphatic rings. The summed E-state index contributed by atoms with van der Waals surface area (Å²) in [5, 5.41) is 18.0. The summed E-state index contributed by atoms with van der Waals surface area (Å²) in [5.41, 5.74) is -0.646. The summed E-state index contributed by atoms with van der Waals surface area (Å²) in [7, 11) is 0. The van der Waals surface area contributed by atoms with E-state index in [-0.39, 0.29) is 18.2 Å². The molecule has 15 heavy (non-hydrogen) atoms. The molecular formula is C9H11NO4S. The van der Waals surface area contributed by atoms with E-state index in [1.807, 2.05) is 0 Å². The second kappa shape index (κ2) is 2.99. The maximum absolute atomic E-state index is 11.6. The van der Waals surface area contributed by atoms with Gasteiger partial charge >= 0.3 is 5.97 Å². The first-order valence-corrected chi connectivity index (χ1v) is 4.98. The molecule has 82 valence electrons. The number of carbonyl (C=O) groups is 2. The molecule has 2 aliphatic heterocycles. The van der Waals surface area contributed by atoms with E-state index in [1.165, 1.54) is 4.90 Å². The number of aliphatic hydroxyl groups is 1. The molecule has 2 rings (SSSR count). The molecule has 2 unspecified atom stereocenters. The Morgan fingerprint density at radius 3 is 2.80 bits per heavy atom. The molecule has 2 atom stereocenters. The molecule has 0 aromatic heterocycles. The second-order valence-corrected chi connectivity index (χ2v) is 4.58. The van der Waals surface area contributed by atoms with Crippen molar-refractivity contribution in [1.82, 2.24) is 4.90 Å². The van der Waals surface area contributed by atoms with Gasteiger partial charge in [-0.05, 0) is 6.92 Å². The summed E-state index contributed by atoms with van der Waals surface area (Å²) in [4.78, 5) is 24.1. The van der Waals surface area contributed by atoms with Crippen molar-refractivity contribution in [2.75, 3.05) is 6.61 Å². The molecule has 0 spiro atoms. The van der Waals surface area contributed by atoms with Crippen LogP contribution in [0, 0.1) is 5.92 Å². The van der Waals surface area contributed by atoms with Crippen molar-refractivity contribution in [2.24, 2.45) is 5.92 Å². The Kier molecular flexibility index (Phi) is 2.09. The van der Waals surface area contributed by atoms with Crippen LogP contribution in [0.1, 0.15) is 13.3 Å². The molecule has 1 fully saturated rings. The Hall–Kier alpha value is -1.01. The molecule has 0 radical (unpaired) electrons. The monoisotopic (exact) mass is 229 g/mol. The van der Waals surface area contributed by atoms with Gasteiger partial charge in [0.2, 0.25) is 5.91 Å². The van der Waals surface area contributed by atoms with Gasteiger partial charge < -0.3 is 10.2 Å². The maximum atomic E-state index is 11.6. The third kappa shape index (κ3) is 1.09. The van der Waals surface area contributed by atoms with Crippen LogP contribution in [-0.2, 0) is 9.59 Å². The van der Waals surface area contributed by atoms with Crippen LogP contribution in [-0.4, -0.2) is 39.1 Å². The van der Waals surface area contributed by atoms with Gasteiger partial charge in [-0.1, -0.05) is 0 Å². The number of aliphatic hydroxyl groups excluding tert-OH is 1. The zero-order valence-electron chi connectivity index (χ0n) is 8.10. The first kappa shape index (κ1) is 10.5. The molecule has 0 aromatic rings. The lowest BCUT2D eigenvalue weighted by Gasteiger charge is -2.51. The lowest BCUT2D eigenvalue weighted by atomic mass is 9.75. The minimum absolute atomic E-state index is 0.0458. The topological polar surface area (TPSA) is 77.8 Å². The first-order chi connectivity index (χ1) is 6.93. The van der Waals surface area contributed by atoms with Crippen LogP contribution in [0.25, 0.3) is 0 Å². The highest BCUT2D eigenvalue weighted by atomic mass is 32.1. The second-order valence-electron chi connectivity index (χ2n) is 4.04. The van der Waals surface area contributed by atoms with Crippen molar-refractivity contribution in [1.29, 1.82) is 0 Å². The quantitative estimate of drug-likeness (QED) is 0.453. The number of thiol groups is 1. The average molecular weight is 229 g/mol. The molecule has 2 heterocycles. The summed E-state index contributed by atoms with van der Waals surface area (Å²) in [6, 6.07) is 0. The lowest BCUT2D eigenvalue weighted by Crippen LogP contribution is -2.68. The maximum Gasteiger partial charge on any atom is 0.353 e. The molecule has 1 amide bonds. The number of hydrogen-bond acceptors (Lipinski definition) is 4. The van der Waals surface area contributed by atoms with Gasteiger partial charge in [-0.25, -0.2) is 4.79 Å². The van der Waals surface area contributed by atoms with E-state index in [0.717, 1.165) is 0 Å². The number of carboxylic acids is 1. The summed E-state index contributed by atoms with van der Waals surface area (Å²) in [5.74, 6) is -1.98. The van der Waals surface area contributed by atoms with Gasteiger partial charge in [-0.15, -0.1) is 12.6 Å². The predicted molar refractivity (Wildman–Crippen MR) is 54.1 cm³/mol. The minimum atomic E-state index is -1.14. The average Bonchev–Trinajstić information content (AvgIpc) is 2.35. The Labute approximate surface area is 91.8 Å². The summed E-state index contributed by atoms with van der Waals surface area (Å²) < 4.78 is 0. The molecule has 1 saturated heterocycles. The van der Waals surface area contributed by atoms with Crippen molar-refractivity contribution in [3.05, 3.63) is 10.6 Å². The van der Waals surface area contributed by atoms with Crippen LogP contribution in [0.2, 0.25) is 0 Å². The number of carboxylic acid groups (broad SMARTS) is 1. The highest BCUT2D eigenvalue weighted by Gasteiger charge is 2.62. The number of amides is 1. The zero-order valence-corrected chi connectivity index (χ0v) is 8.99. The highest BCUT2D eigenvalue weighted by molar-refractivity contribution is 7.84. The summed E-state index contributed by atoms with van der Waals surface area (Å²) >= 11 is 4.08. The van der Waals surface area contributed by atoms with Crippen molar-refractivity contribution in [2.45, 2.75) is 18.9 Å². The number of aliphatic carboxylic acids is 1. The van der Waals surface area contributed by atoms with Crippen LogP contribution in [0.5, 0.6) is 0 Å².